The number of methoxy groups -OCH3 is 1. The first-order chi connectivity index (χ1) is 13.2. The first-order valence-electron chi connectivity index (χ1n) is 8.69. The third-order valence-corrected chi connectivity index (χ3v) is 4.74. The predicted molar refractivity (Wildman–Crippen MR) is 108 cm³/mol. The monoisotopic (exact) mass is 378 g/mol. The highest BCUT2D eigenvalue weighted by molar-refractivity contribution is 6.32. The van der Waals surface area contributed by atoms with Gasteiger partial charge in [0, 0.05) is 6.54 Å². The van der Waals surface area contributed by atoms with Crippen molar-refractivity contribution in [2.24, 2.45) is 0 Å². The maximum Gasteiger partial charge on any atom is 0.148 e. The van der Waals surface area contributed by atoms with Crippen LogP contribution in [0, 0.1) is 0 Å². The Kier molecular flexibility index (Phi) is 4.99. The summed E-state index contributed by atoms with van der Waals surface area (Å²) in [5.74, 6) is 2.35. The molecule has 0 bridgehead atoms. The van der Waals surface area contributed by atoms with Crippen LogP contribution in [0.3, 0.4) is 0 Å². The Bertz CT molecular complexity index is 1060. The number of halogens is 1. The molecule has 0 N–H and O–H groups in total. The van der Waals surface area contributed by atoms with E-state index in [4.69, 9.17) is 26.1 Å². The summed E-state index contributed by atoms with van der Waals surface area (Å²) in [7, 11) is 1.67. The molecule has 3 aromatic carbocycles. The standard InChI is InChI=1S/C22H19ClN2O2/c1-26-17-12-10-16(11-13-17)14-25-20-8-4-3-7-19(20)24-22(25)15-27-21-9-5-2-6-18(21)23/h2-13H,14-15H2,1H3. The average molecular weight is 379 g/mol. The second-order valence-corrected chi connectivity index (χ2v) is 6.58. The Morgan fingerprint density at radius 2 is 1.67 bits per heavy atom. The highest BCUT2D eigenvalue weighted by Gasteiger charge is 2.12. The maximum absolute atomic E-state index is 6.20. The van der Waals surface area contributed by atoms with E-state index in [1.54, 1.807) is 7.11 Å². The van der Waals surface area contributed by atoms with Crippen LogP contribution in [0.15, 0.2) is 72.8 Å². The quantitative estimate of drug-likeness (QED) is 0.455. The molecule has 0 atom stereocenters. The fourth-order valence-corrected chi connectivity index (χ4v) is 3.22. The lowest BCUT2D eigenvalue weighted by molar-refractivity contribution is 0.291. The highest BCUT2D eigenvalue weighted by Crippen LogP contribution is 2.25. The average Bonchev–Trinajstić information content (AvgIpc) is 3.05. The van der Waals surface area contributed by atoms with E-state index in [0.29, 0.717) is 23.9 Å². The number of rotatable bonds is 6. The SMILES string of the molecule is COc1ccc(Cn2c(COc3ccccc3Cl)nc3ccccc32)cc1. The van der Waals surface area contributed by atoms with Gasteiger partial charge in [0.1, 0.15) is 23.9 Å². The number of para-hydroxylation sites is 3. The summed E-state index contributed by atoms with van der Waals surface area (Å²) in [6.45, 7) is 1.04. The van der Waals surface area contributed by atoms with Crippen molar-refractivity contribution < 1.29 is 9.47 Å². The largest absolute Gasteiger partial charge is 0.497 e. The van der Waals surface area contributed by atoms with Gasteiger partial charge in [0.2, 0.25) is 0 Å². The van der Waals surface area contributed by atoms with E-state index in [1.807, 2.05) is 54.6 Å². The van der Waals surface area contributed by atoms with Crippen molar-refractivity contribution in [1.82, 2.24) is 9.55 Å². The molecule has 0 spiro atoms. The van der Waals surface area contributed by atoms with Crippen molar-refractivity contribution in [3.8, 4) is 11.5 Å². The molecule has 0 fully saturated rings. The number of fused-ring (bicyclic) bond motifs is 1. The lowest BCUT2D eigenvalue weighted by Crippen LogP contribution is -2.08. The Labute approximate surface area is 162 Å². The smallest absolute Gasteiger partial charge is 0.148 e. The van der Waals surface area contributed by atoms with Crippen molar-refractivity contribution in [3.63, 3.8) is 0 Å². The number of ether oxygens (including phenoxy) is 2. The third kappa shape index (κ3) is 3.76. The lowest BCUT2D eigenvalue weighted by atomic mass is 10.2. The van der Waals surface area contributed by atoms with Crippen LogP contribution in [0.1, 0.15) is 11.4 Å². The van der Waals surface area contributed by atoms with Crippen LogP contribution in [0.5, 0.6) is 11.5 Å². The number of nitrogens with zero attached hydrogens (tertiary/aromatic N) is 2. The van der Waals surface area contributed by atoms with Crippen LogP contribution in [0.2, 0.25) is 5.02 Å². The van der Waals surface area contributed by atoms with E-state index < -0.39 is 0 Å². The van der Waals surface area contributed by atoms with Gasteiger partial charge in [-0.05, 0) is 42.0 Å². The van der Waals surface area contributed by atoms with E-state index in [9.17, 15) is 0 Å². The fourth-order valence-electron chi connectivity index (χ4n) is 3.03. The van der Waals surface area contributed by atoms with Crippen molar-refractivity contribution in [3.05, 3.63) is 89.2 Å². The first-order valence-corrected chi connectivity index (χ1v) is 9.07. The van der Waals surface area contributed by atoms with Crippen LogP contribution < -0.4 is 9.47 Å². The van der Waals surface area contributed by atoms with Gasteiger partial charge in [-0.3, -0.25) is 0 Å². The molecule has 27 heavy (non-hydrogen) atoms. The van der Waals surface area contributed by atoms with E-state index in [-0.39, 0.29) is 0 Å². The number of aromatic nitrogens is 2. The van der Waals surface area contributed by atoms with Gasteiger partial charge in [-0.25, -0.2) is 4.98 Å². The first kappa shape index (κ1) is 17.4. The van der Waals surface area contributed by atoms with Gasteiger partial charge in [-0.15, -0.1) is 0 Å². The molecule has 0 aliphatic carbocycles. The minimum atomic E-state index is 0.342. The molecule has 1 heterocycles. The van der Waals surface area contributed by atoms with Gasteiger partial charge in [0.25, 0.3) is 0 Å². The second kappa shape index (κ2) is 7.72. The molecule has 4 aromatic rings. The molecular weight excluding hydrogens is 360 g/mol. The zero-order chi connectivity index (χ0) is 18.6. The Balaban J connectivity index is 1.65. The zero-order valence-corrected chi connectivity index (χ0v) is 15.7. The summed E-state index contributed by atoms with van der Waals surface area (Å²) in [5.41, 5.74) is 3.19. The molecule has 5 heteroatoms. The second-order valence-electron chi connectivity index (χ2n) is 6.17. The normalized spacial score (nSPS) is 10.9. The van der Waals surface area contributed by atoms with Gasteiger partial charge in [0.15, 0.2) is 0 Å². The Hall–Kier alpha value is -2.98. The Morgan fingerprint density at radius 3 is 2.44 bits per heavy atom. The van der Waals surface area contributed by atoms with E-state index in [1.165, 1.54) is 0 Å². The summed E-state index contributed by atoms with van der Waals surface area (Å²) in [6, 6.07) is 23.6. The van der Waals surface area contributed by atoms with Crippen molar-refractivity contribution in [2.45, 2.75) is 13.2 Å². The van der Waals surface area contributed by atoms with Gasteiger partial charge >= 0.3 is 0 Å². The van der Waals surface area contributed by atoms with Crippen LogP contribution in [0.25, 0.3) is 11.0 Å². The summed E-state index contributed by atoms with van der Waals surface area (Å²) >= 11 is 6.20. The lowest BCUT2D eigenvalue weighted by Gasteiger charge is -2.12. The van der Waals surface area contributed by atoms with Crippen LogP contribution in [-0.2, 0) is 13.2 Å². The minimum absolute atomic E-state index is 0.342. The molecule has 0 saturated carbocycles. The highest BCUT2D eigenvalue weighted by atomic mass is 35.5. The Morgan fingerprint density at radius 1 is 0.926 bits per heavy atom. The summed E-state index contributed by atoms with van der Waals surface area (Å²) in [5, 5.41) is 0.593. The van der Waals surface area contributed by atoms with Gasteiger partial charge < -0.3 is 14.0 Å². The van der Waals surface area contributed by atoms with Crippen molar-refractivity contribution in [1.29, 1.82) is 0 Å². The molecule has 0 aliphatic heterocycles. The molecule has 0 aliphatic rings. The maximum atomic E-state index is 6.20. The number of hydrogen-bond acceptors (Lipinski definition) is 3. The molecule has 0 saturated heterocycles. The van der Waals surface area contributed by atoms with E-state index >= 15 is 0 Å². The molecular formula is C22H19ClN2O2. The molecule has 0 amide bonds. The third-order valence-electron chi connectivity index (χ3n) is 4.43. The van der Waals surface area contributed by atoms with Crippen molar-refractivity contribution in [2.75, 3.05) is 7.11 Å². The summed E-state index contributed by atoms with van der Waals surface area (Å²) < 4.78 is 13.4. The zero-order valence-electron chi connectivity index (χ0n) is 14.9. The molecule has 0 unspecified atom stereocenters. The van der Waals surface area contributed by atoms with Gasteiger partial charge in [-0.2, -0.15) is 0 Å². The summed E-state index contributed by atoms with van der Waals surface area (Å²) in [4.78, 5) is 4.76. The number of benzene rings is 3. The number of hydrogen-bond donors (Lipinski definition) is 0. The van der Waals surface area contributed by atoms with Crippen LogP contribution in [-0.4, -0.2) is 16.7 Å². The number of imidazole rings is 1. The van der Waals surface area contributed by atoms with Gasteiger partial charge in [0.05, 0.1) is 23.2 Å². The molecule has 0 radical (unpaired) electrons. The predicted octanol–water partition coefficient (Wildman–Crippen LogP) is 5.33. The van der Waals surface area contributed by atoms with E-state index in [2.05, 4.69) is 22.8 Å². The fraction of sp³-hybridized carbons (Fsp3) is 0.136. The van der Waals surface area contributed by atoms with Crippen LogP contribution in [0.4, 0.5) is 0 Å². The molecule has 4 nitrogen and oxygen atoms in total. The molecule has 1 aromatic heterocycles. The molecule has 136 valence electrons. The van der Waals surface area contributed by atoms with Crippen molar-refractivity contribution >= 4 is 22.6 Å². The van der Waals surface area contributed by atoms with Gasteiger partial charge in [-0.1, -0.05) is 48.0 Å². The van der Waals surface area contributed by atoms with E-state index in [0.717, 1.165) is 28.2 Å². The molecule has 4 rings (SSSR count). The topological polar surface area (TPSA) is 36.3 Å². The summed E-state index contributed by atoms with van der Waals surface area (Å²) in [6.07, 6.45) is 0. The minimum Gasteiger partial charge on any atom is -0.497 e. The van der Waals surface area contributed by atoms with Crippen LogP contribution >= 0.6 is 11.6 Å².